The topological polar surface area (TPSA) is 108 Å². The van der Waals surface area contributed by atoms with Crippen LogP contribution < -0.4 is 16.0 Å². The van der Waals surface area contributed by atoms with Gasteiger partial charge in [-0.3, -0.25) is 9.59 Å². The average molecular weight is 432 g/mol. The van der Waals surface area contributed by atoms with Crippen LogP contribution in [0.3, 0.4) is 0 Å². The van der Waals surface area contributed by atoms with Gasteiger partial charge in [0.2, 0.25) is 11.8 Å². The molecule has 0 fully saturated rings. The highest BCUT2D eigenvalue weighted by atomic mass is 35.5. The van der Waals surface area contributed by atoms with Crippen molar-refractivity contribution in [3.05, 3.63) is 59.2 Å². The van der Waals surface area contributed by atoms with Crippen LogP contribution in [0.2, 0.25) is 0 Å². The molecule has 1 aliphatic heterocycles. The molecule has 8 heteroatoms. The molecule has 2 amide bonds. The van der Waals surface area contributed by atoms with Gasteiger partial charge in [-0.2, -0.15) is 0 Å². The Balaban J connectivity index is 0.000000220. The van der Waals surface area contributed by atoms with E-state index < -0.39 is 11.9 Å². The summed E-state index contributed by atoms with van der Waals surface area (Å²) in [5.74, 6) is -0.741. The van der Waals surface area contributed by atoms with E-state index in [0.29, 0.717) is 11.8 Å². The number of fused-ring (bicyclic) bond motifs is 1. The molecule has 0 bridgehead atoms. The number of amides is 2. The van der Waals surface area contributed by atoms with Crippen molar-refractivity contribution in [1.82, 2.24) is 5.32 Å². The van der Waals surface area contributed by atoms with Crippen molar-refractivity contribution >= 4 is 40.8 Å². The van der Waals surface area contributed by atoms with Gasteiger partial charge < -0.3 is 21.1 Å². The van der Waals surface area contributed by atoms with E-state index in [-0.39, 0.29) is 22.8 Å². The zero-order valence-electron chi connectivity index (χ0n) is 17.0. The van der Waals surface area contributed by atoms with Crippen molar-refractivity contribution in [2.24, 2.45) is 0 Å². The molecule has 0 saturated carbocycles. The first-order chi connectivity index (χ1) is 14.3. The number of para-hydroxylation sites is 1. The Kier molecular flexibility index (Phi) is 8.83. The normalized spacial score (nSPS) is 15.0. The van der Waals surface area contributed by atoms with Crippen molar-refractivity contribution in [3.63, 3.8) is 0 Å². The molecule has 1 heterocycles. The number of anilines is 2. The fourth-order valence-electron chi connectivity index (χ4n) is 3.24. The standard InChI is InChI=1S/C11H14ClN.C11H12N2O4/c12-7-10-8-13-6-5-9-3-1-2-4-11(9)10;1-6(14)12-9-5-3-4-8(11(16)17)10(9)13-7(2)15/h1-4,10,13H,5-8H2;3-5H,1-2H3,(H,12,14)(H,13,15)(H,16,17)/t10-;/m1./s1. The number of carbonyl (C=O) groups excluding carboxylic acids is 2. The molecule has 1 atom stereocenters. The molecule has 0 aliphatic carbocycles. The van der Waals surface area contributed by atoms with E-state index in [2.05, 4.69) is 40.2 Å². The average Bonchev–Trinajstić information content (AvgIpc) is 2.91. The maximum absolute atomic E-state index is 11.0. The monoisotopic (exact) mass is 431 g/mol. The fourth-order valence-corrected chi connectivity index (χ4v) is 3.52. The lowest BCUT2D eigenvalue weighted by molar-refractivity contribution is -0.115. The number of halogens is 1. The molecule has 2 aromatic rings. The third-order valence-electron chi connectivity index (χ3n) is 4.55. The number of carboxylic acids is 1. The van der Waals surface area contributed by atoms with Crippen molar-refractivity contribution in [3.8, 4) is 0 Å². The number of rotatable bonds is 4. The summed E-state index contributed by atoms with van der Waals surface area (Å²) in [6, 6.07) is 13.0. The van der Waals surface area contributed by atoms with Gasteiger partial charge in [-0.15, -0.1) is 11.6 Å². The molecule has 7 nitrogen and oxygen atoms in total. The second-order valence-corrected chi connectivity index (χ2v) is 7.21. The van der Waals surface area contributed by atoms with Crippen LogP contribution in [-0.2, 0) is 16.0 Å². The molecule has 0 radical (unpaired) electrons. The molecule has 2 aromatic carbocycles. The SMILES string of the molecule is CC(=O)Nc1cccc(C(=O)O)c1NC(C)=O.ClC[C@@H]1CNCCc2ccccc21. The Morgan fingerprint density at radius 3 is 2.40 bits per heavy atom. The minimum absolute atomic E-state index is 0.0774. The maximum Gasteiger partial charge on any atom is 0.337 e. The molecule has 0 unspecified atom stereocenters. The lowest BCUT2D eigenvalue weighted by atomic mass is 9.95. The molecule has 0 aromatic heterocycles. The number of alkyl halides is 1. The third kappa shape index (κ3) is 6.57. The summed E-state index contributed by atoms with van der Waals surface area (Å²) in [4.78, 5) is 32.9. The van der Waals surface area contributed by atoms with Crippen molar-refractivity contribution in [2.75, 3.05) is 29.6 Å². The van der Waals surface area contributed by atoms with Crippen LogP contribution in [0.4, 0.5) is 11.4 Å². The molecule has 0 spiro atoms. The van der Waals surface area contributed by atoms with Gasteiger partial charge in [-0.05, 0) is 36.2 Å². The number of benzene rings is 2. The summed E-state index contributed by atoms with van der Waals surface area (Å²) < 4.78 is 0. The molecule has 3 rings (SSSR count). The third-order valence-corrected chi connectivity index (χ3v) is 4.92. The minimum atomic E-state index is -1.18. The highest BCUT2D eigenvalue weighted by Gasteiger charge is 2.17. The molecule has 1 aliphatic rings. The number of carboxylic acid groups (broad SMARTS) is 1. The first-order valence-corrected chi connectivity index (χ1v) is 10.1. The van der Waals surface area contributed by atoms with Gasteiger partial charge in [-0.25, -0.2) is 4.79 Å². The largest absolute Gasteiger partial charge is 0.478 e. The highest BCUT2D eigenvalue weighted by Crippen LogP contribution is 2.26. The second-order valence-electron chi connectivity index (χ2n) is 6.90. The van der Waals surface area contributed by atoms with Gasteiger partial charge in [0.05, 0.1) is 16.9 Å². The van der Waals surface area contributed by atoms with Gasteiger partial charge in [0, 0.05) is 32.2 Å². The van der Waals surface area contributed by atoms with Crippen LogP contribution in [0.15, 0.2) is 42.5 Å². The van der Waals surface area contributed by atoms with E-state index in [1.165, 1.54) is 43.2 Å². The van der Waals surface area contributed by atoms with Crippen LogP contribution in [0, 0.1) is 0 Å². The summed E-state index contributed by atoms with van der Waals surface area (Å²) in [6.45, 7) is 4.64. The van der Waals surface area contributed by atoms with Gasteiger partial charge in [0.1, 0.15) is 0 Å². The van der Waals surface area contributed by atoms with E-state index in [1.54, 1.807) is 0 Å². The van der Waals surface area contributed by atoms with Crippen molar-refractivity contribution in [2.45, 2.75) is 26.2 Å². The van der Waals surface area contributed by atoms with E-state index in [0.717, 1.165) is 19.5 Å². The summed E-state index contributed by atoms with van der Waals surface area (Å²) in [5.41, 5.74) is 3.16. The molecule has 30 heavy (non-hydrogen) atoms. The van der Waals surface area contributed by atoms with E-state index in [4.69, 9.17) is 16.7 Å². The Hall–Kier alpha value is -2.90. The summed E-state index contributed by atoms with van der Waals surface area (Å²) in [7, 11) is 0. The Labute approximate surface area is 180 Å². The number of nitrogens with one attached hydrogen (secondary N) is 3. The van der Waals surface area contributed by atoms with Crippen LogP contribution >= 0.6 is 11.6 Å². The summed E-state index contributed by atoms with van der Waals surface area (Å²) in [5, 5.41) is 17.2. The number of hydrogen-bond donors (Lipinski definition) is 4. The maximum atomic E-state index is 11.0. The first kappa shape index (κ1) is 23.4. The van der Waals surface area contributed by atoms with Gasteiger partial charge in [0.15, 0.2) is 0 Å². The van der Waals surface area contributed by atoms with Crippen LogP contribution in [-0.4, -0.2) is 41.9 Å². The number of carbonyl (C=O) groups is 3. The molecular formula is C22H26ClN3O4. The highest BCUT2D eigenvalue weighted by molar-refractivity contribution is 6.18. The lowest BCUT2D eigenvalue weighted by Gasteiger charge is -2.13. The number of aromatic carboxylic acids is 1. The Morgan fingerprint density at radius 2 is 1.77 bits per heavy atom. The summed E-state index contributed by atoms with van der Waals surface area (Å²) >= 11 is 5.94. The first-order valence-electron chi connectivity index (χ1n) is 9.59. The van der Waals surface area contributed by atoms with E-state index in [1.807, 2.05) is 0 Å². The summed E-state index contributed by atoms with van der Waals surface area (Å²) in [6.07, 6.45) is 1.13. The molecule has 4 N–H and O–H groups in total. The smallest absolute Gasteiger partial charge is 0.337 e. The molecular weight excluding hydrogens is 406 g/mol. The van der Waals surface area contributed by atoms with E-state index in [9.17, 15) is 14.4 Å². The molecule has 0 saturated heterocycles. The van der Waals surface area contributed by atoms with Gasteiger partial charge in [0.25, 0.3) is 0 Å². The lowest BCUT2D eigenvalue weighted by Crippen LogP contribution is -2.20. The van der Waals surface area contributed by atoms with E-state index >= 15 is 0 Å². The fraction of sp³-hybridized carbons (Fsp3) is 0.318. The van der Waals surface area contributed by atoms with Gasteiger partial charge in [-0.1, -0.05) is 30.3 Å². The predicted molar refractivity (Wildman–Crippen MR) is 118 cm³/mol. The Bertz CT molecular complexity index is 917. The minimum Gasteiger partial charge on any atom is -0.478 e. The van der Waals surface area contributed by atoms with Crippen LogP contribution in [0.5, 0.6) is 0 Å². The number of hydrogen-bond acceptors (Lipinski definition) is 4. The second kappa shape index (κ2) is 11.3. The van der Waals surface area contributed by atoms with Crippen molar-refractivity contribution in [1.29, 1.82) is 0 Å². The Morgan fingerprint density at radius 1 is 1.07 bits per heavy atom. The van der Waals surface area contributed by atoms with Gasteiger partial charge >= 0.3 is 5.97 Å². The zero-order valence-corrected chi connectivity index (χ0v) is 17.8. The predicted octanol–water partition coefficient (Wildman–Crippen LogP) is 3.46. The van der Waals surface area contributed by atoms with Crippen LogP contribution in [0.1, 0.15) is 41.3 Å². The zero-order chi connectivity index (χ0) is 22.1. The van der Waals surface area contributed by atoms with Crippen molar-refractivity contribution < 1.29 is 19.5 Å². The quantitative estimate of drug-likeness (QED) is 0.554. The molecule has 160 valence electrons. The van der Waals surface area contributed by atoms with Crippen LogP contribution in [0.25, 0.3) is 0 Å².